The van der Waals surface area contributed by atoms with Crippen molar-refractivity contribution in [3.8, 4) is 24.2 Å². The summed E-state index contributed by atoms with van der Waals surface area (Å²) < 4.78 is 11.1. The highest BCUT2D eigenvalue weighted by Crippen LogP contribution is 2.26. The predicted molar refractivity (Wildman–Crippen MR) is 101 cm³/mol. The van der Waals surface area contributed by atoms with Gasteiger partial charge in [-0.3, -0.25) is 8.98 Å². The maximum absolute atomic E-state index is 12.1. The number of Topliss-reactive ketones (excluding diaryl/α,β-unsaturated/α-hetero) is 1. The molecule has 0 aromatic carbocycles. The van der Waals surface area contributed by atoms with Crippen molar-refractivity contribution >= 4 is 17.8 Å². The molecule has 132 valence electrons. The summed E-state index contributed by atoms with van der Waals surface area (Å²) in [7, 11) is 0. The van der Waals surface area contributed by atoms with Crippen LogP contribution in [0.5, 0.6) is 0 Å². The summed E-state index contributed by atoms with van der Waals surface area (Å²) in [6.07, 6.45) is 10.9. The molecule has 1 rings (SSSR count). The molecule has 0 radical (unpaired) electrons. The summed E-state index contributed by atoms with van der Waals surface area (Å²) in [6, 6.07) is 0. The second-order valence-electron chi connectivity index (χ2n) is 5.34. The van der Waals surface area contributed by atoms with Crippen LogP contribution in [-0.2, 0) is 13.7 Å². The monoisotopic (exact) mass is 358 g/mol. The maximum atomic E-state index is 12.1. The summed E-state index contributed by atoms with van der Waals surface area (Å²) in [4.78, 5) is 12.1. The highest BCUT2D eigenvalue weighted by molar-refractivity contribution is 7.93. The van der Waals surface area contributed by atoms with Gasteiger partial charge in [-0.15, -0.1) is 12.3 Å². The topological polar surface area (TPSA) is 55.8 Å². The molecule has 1 aliphatic heterocycles. The molecule has 0 spiro atoms. The standard InChI is InChI=1S/C20H22O4S/c1-6-8-16(24-25-5)10-9-14(3)13-17-11-12-18(22)20(15(4)21)19(7-2)23-17/h1,7,11,14,16,21H,2,4,8,12-13H2,3,5H3. The Bertz CT molecular complexity index is 697. The van der Waals surface area contributed by atoms with Gasteiger partial charge in [0, 0.05) is 31.4 Å². The third kappa shape index (κ3) is 6.58. The van der Waals surface area contributed by atoms with Crippen molar-refractivity contribution < 1.29 is 18.8 Å². The third-order valence-corrected chi connectivity index (χ3v) is 3.69. The Hall–Kier alpha value is -2.34. The van der Waals surface area contributed by atoms with E-state index in [1.54, 1.807) is 6.08 Å². The lowest BCUT2D eigenvalue weighted by atomic mass is 10.0. The Balaban J connectivity index is 2.86. The molecule has 0 fully saturated rings. The molecule has 2 atom stereocenters. The second kappa shape index (κ2) is 10.5. The molecule has 0 bridgehead atoms. The fraction of sp³-hybridized carbons (Fsp3) is 0.350. The first kappa shape index (κ1) is 20.7. The number of carbonyl (C=O) groups excluding carboxylic acids is 1. The van der Waals surface area contributed by atoms with E-state index in [4.69, 9.17) is 15.3 Å². The van der Waals surface area contributed by atoms with Gasteiger partial charge in [-0.25, -0.2) is 0 Å². The van der Waals surface area contributed by atoms with Crippen molar-refractivity contribution in [1.82, 2.24) is 0 Å². The van der Waals surface area contributed by atoms with Crippen LogP contribution in [0.25, 0.3) is 0 Å². The lowest BCUT2D eigenvalue weighted by Gasteiger charge is -2.13. The molecule has 2 unspecified atom stereocenters. The van der Waals surface area contributed by atoms with Crippen LogP contribution in [0.1, 0.15) is 26.2 Å². The number of hydrogen-bond acceptors (Lipinski definition) is 5. The Morgan fingerprint density at radius 2 is 2.32 bits per heavy atom. The Kier molecular flexibility index (Phi) is 8.70. The molecule has 25 heavy (non-hydrogen) atoms. The minimum Gasteiger partial charge on any atom is -0.508 e. The third-order valence-electron chi connectivity index (χ3n) is 3.27. The molecule has 0 aromatic rings. The molecule has 1 aliphatic rings. The van der Waals surface area contributed by atoms with Gasteiger partial charge >= 0.3 is 0 Å². The summed E-state index contributed by atoms with van der Waals surface area (Å²) in [5.41, 5.74) is 0.0578. The fourth-order valence-corrected chi connectivity index (χ4v) is 2.52. The molecular formula is C20H22O4S. The first-order valence-electron chi connectivity index (χ1n) is 7.71. The normalized spacial score (nSPS) is 16.4. The molecule has 0 aliphatic carbocycles. The minimum atomic E-state index is -0.325. The van der Waals surface area contributed by atoms with E-state index in [0.717, 1.165) is 0 Å². The van der Waals surface area contributed by atoms with Crippen LogP contribution in [0, 0.1) is 30.1 Å². The van der Waals surface area contributed by atoms with E-state index < -0.39 is 0 Å². The minimum absolute atomic E-state index is 0.0305. The van der Waals surface area contributed by atoms with E-state index in [9.17, 15) is 9.90 Å². The summed E-state index contributed by atoms with van der Waals surface area (Å²) in [5, 5.41) is 9.61. The number of allylic oxidation sites excluding steroid dienone is 4. The quantitative estimate of drug-likeness (QED) is 0.422. The molecule has 1 heterocycles. The van der Waals surface area contributed by atoms with Crippen molar-refractivity contribution in [1.29, 1.82) is 0 Å². The lowest BCUT2D eigenvalue weighted by Crippen LogP contribution is -2.06. The van der Waals surface area contributed by atoms with Crippen molar-refractivity contribution in [2.45, 2.75) is 32.3 Å². The number of carbonyl (C=O) groups is 1. The van der Waals surface area contributed by atoms with Gasteiger partial charge in [-0.05, 0) is 24.2 Å². The zero-order valence-electron chi connectivity index (χ0n) is 14.5. The van der Waals surface area contributed by atoms with Gasteiger partial charge in [0.15, 0.2) is 5.78 Å². The van der Waals surface area contributed by atoms with E-state index in [0.29, 0.717) is 18.6 Å². The largest absolute Gasteiger partial charge is 0.508 e. The van der Waals surface area contributed by atoms with Gasteiger partial charge in [-0.1, -0.05) is 31.9 Å². The molecule has 0 saturated heterocycles. The van der Waals surface area contributed by atoms with Crippen LogP contribution in [0.2, 0.25) is 0 Å². The second-order valence-corrected chi connectivity index (χ2v) is 5.87. The van der Waals surface area contributed by atoms with Crippen molar-refractivity contribution in [2.24, 2.45) is 5.92 Å². The van der Waals surface area contributed by atoms with Gasteiger partial charge < -0.3 is 9.84 Å². The number of terminal acetylenes is 1. The predicted octanol–water partition coefficient (Wildman–Crippen LogP) is 4.09. The van der Waals surface area contributed by atoms with E-state index in [1.807, 2.05) is 13.2 Å². The number of rotatable bonds is 7. The summed E-state index contributed by atoms with van der Waals surface area (Å²) in [5.74, 6) is 8.83. The van der Waals surface area contributed by atoms with Gasteiger partial charge in [0.1, 0.15) is 29.0 Å². The number of hydrogen-bond donors (Lipinski definition) is 1. The molecule has 5 heteroatoms. The molecule has 0 aromatic heterocycles. The van der Waals surface area contributed by atoms with E-state index in [1.165, 1.54) is 18.1 Å². The molecule has 4 nitrogen and oxygen atoms in total. The summed E-state index contributed by atoms with van der Waals surface area (Å²) in [6.45, 7) is 8.98. The van der Waals surface area contributed by atoms with Crippen LogP contribution in [0.3, 0.4) is 0 Å². The number of aliphatic hydroxyl groups is 1. The number of ketones is 1. The van der Waals surface area contributed by atoms with Crippen LogP contribution in [-0.4, -0.2) is 23.2 Å². The zero-order valence-corrected chi connectivity index (χ0v) is 15.3. The lowest BCUT2D eigenvalue weighted by molar-refractivity contribution is -0.114. The number of ether oxygens (including phenoxy) is 1. The highest BCUT2D eigenvalue weighted by atomic mass is 32.2. The Morgan fingerprint density at radius 1 is 1.60 bits per heavy atom. The van der Waals surface area contributed by atoms with Gasteiger partial charge in [-0.2, -0.15) is 0 Å². The molecule has 0 saturated carbocycles. The van der Waals surface area contributed by atoms with Crippen LogP contribution in [0.15, 0.2) is 48.2 Å². The summed E-state index contributed by atoms with van der Waals surface area (Å²) >= 11 is 1.23. The van der Waals surface area contributed by atoms with E-state index in [-0.39, 0.29) is 41.3 Å². The van der Waals surface area contributed by atoms with Crippen molar-refractivity contribution in [3.63, 3.8) is 0 Å². The van der Waals surface area contributed by atoms with Crippen LogP contribution < -0.4 is 0 Å². The average molecular weight is 358 g/mol. The first-order chi connectivity index (χ1) is 11.9. The fourth-order valence-electron chi connectivity index (χ4n) is 2.17. The van der Waals surface area contributed by atoms with Crippen molar-refractivity contribution in [2.75, 3.05) is 6.26 Å². The molecule has 1 N–H and O–H groups in total. The smallest absolute Gasteiger partial charge is 0.174 e. The van der Waals surface area contributed by atoms with Gasteiger partial charge in [0.2, 0.25) is 0 Å². The zero-order chi connectivity index (χ0) is 18.8. The molecular weight excluding hydrogens is 336 g/mol. The highest BCUT2D eigenvalue weighted by Gasteiger charge is 2.22. The number of aliphatic hydroxyl groups excluding tert-OH is 1. The average Bonchev–Trinajstić information content (AvgIpc) is 2.72. The van der Waals surface area contributed by atoms with E-state index in [2.05, 4.69) is 30.9 Å². The Labute approximate surface area is 153 Å². The van der Waals surface area contributed by atoms with Gasteiger partial charge in [0.25, 0.3) is 0 Å². The van der Waals surface area contributed by atoms with Crippen LogP contribution in [0.4, 0.5) is 0 Å². The van der Waals surface area contributed by atoms with Crippen LogP contribution >= 0.6 is 12.0 Å². The molecule has 0 amide bonds. The first-order valence-corrected chi connectivity index (χ1v) is 8.86. The van der Waals surface area contributed by atoms with Gasteiger partial charge in [0.05, 0.1) is 0 Å². The SMILES string of the molecule is C#CCC(C#CC(C)CC1=CCC(=O)C(C(=C)O)=C(C=C)O1)OSC. The van der Waals surface area contributed by atoms with Crippen molar-refractivity contribution in [3.05, 3.63) is 48.2 Å². The van der Waals surface area contributed by atoms with E-state index >= 15 is 0 Å². The maximum Gasteiger partial charge on any atom is 0.174 e. The Morgan fingerprint density at radius 3 is 2.88 bits per heavy atom.